The van der Waals surface area contributed by atoms with Crippen molar-refractivity contribution in [1.29, 1.82) is 0 Å². The molecular weight excluding hydrogens is 362 g/mol. The van der Waals surface area contributed by atoms with E-state index in [4.69, 9.17) is 17.0 Å². The SMILES string of the molecule is Cn1nc2c(c1NC(=S)Nc1ccccc1)CN(C(=O)OC(C)(C)C)CC2. The number of amides is 1. The largest absolute Gasteiger partial charge is 0.444 e. The summed E-state index contributed by atoms with van der Waals surface area (Å²) in [5.74, 6) is 0.784. The summed E-state index contributed by atoms with van der Waals surface area (Å²) in [6, 6.07) is 9.71. The highest BCUT2D eigenvalue weighted by Crippen LogP contribution is 2.27. The van der Waals surface area contributed by atoms with Crippen molar-refractivity contribution < 1.29 is 9.53 Å². The van der Waals surface area contributed by atoms with E-state index < -0.39 is 5.60 Å². The van der Waals surface area contributed by atoms with E-state index in [1.807, 2.05) is 58.2 Å². The molecule has 2 heterocycles. The molecule has 0 radical (unpaired) electrons. The maximum atomic E-state index is 12.4. The second-order valence-electron chi connectivity index (χ2n) is 7.49. The van der Waals surface area contributed by atoms with Crippen LogP contribution in [0.25, 0.3) is 0 Å². The molecule has 1 aliphatic rings. The van der Waals surface area contributed by atoms with Crippen LogP contribution in [-0.4, -0.2) is 38.0 Å². The molecule has 0 fully saturated rings. The number of carbonyl (C=O) groups excluding carboxylic acids is 1. The lowest BCUT2D eigenvalue weighted by molar-refractivity contribution is 0.0224. The van der Waals surface area contributed by atoms with E-state index in [2.05, 4.69) is 15.7 Å². The number of carbonyl (C=O) groups is 1. The molecule has 2 aromatic rings. The Labute approximate surface area is 164 Å². The summed E-state index contributed by atoms with van der Waals surface area (Å²) >= 11 is 5.43. The van der Waals surface area contributed by atoms with Crippen LogP contribution in [0.1, 0.15) is 32.0 Å². The highest BCUT2D eigenvalue weighted by Gasteiger charge is 2.29. The first-order valence-corrected chi connectivity index (χ1v) is 9.29. The number of thiocarbonyl (C=S) groups is 1. The van der Waals surface area contributed by atoms with Gasteiger partial charge in [-0.1, -0.05) is 18.2 Å². The normalized spacial score (nSPS) is 13.7. The summed E-state index contributed by atoms with van der Waals surface area (Å²) in [7, 11) is 1.86. The molecule has 1 aromatic heterocycles. The minimum absolute atomic E-state index is 0.312. The van der Waals surface area contributed by atoms with Gasteiger partial charge in [0.15, 0.2) is 5.11 Å². The van der Waals surface area contributed by atoms with E-state index in [0.29, 0.717) is 24.6 Å². The van der Waals surface area contributed by atoms with Crippen LogP contribution in [-0.2, 0) is 24.8 Å². The third-order valence-corrected chi connectivity index (χ3v) is 4.32. The van der Waals surface area contributed by atoms with Crippen molar-refractivity contribution in [3.8, 4) is 0 Å². The Morgan fingerprint density at radius 1 is 1.22 bits per heavy atom. The minimum Gasteiger partial charge on any atom is -0.444 e. The zero-order valence-corrected chi connectivity index (χ0v) is 16.9. The summed E-state index contributed by atoms with van der Waals surface area (Å²) < 4.78 is 7.27. The molecule has 0 spiro atoms. The summed E-state index contributed by atoms with van der Waals surface area (Å²) in [6.07, 6.45) is 0.371. The number of nitrogens with zero attached hydrogens (tertiary/aromatic N) is 3. The van der Waals surface area contributed by atoms with Gasteiger partial charge in [-0.2, -0.15) is 5.10 Å². The molecule has 0 bridgehead atoms. The maximum Gasteiger partial charge on any atom is 0.410 e. The number of anilines is 2. The average Bonchev–Trinajstić information content (AvgIpc) is 2.89. The molecule has 0 unspecified atom stereocenters. The lowest BCUT2D eigenvalue weighted by Crippen LogP contribution is -2.40. The average molecular weight is 388 g/mol. The third-order valence-electron chi connectivity index (χ3n) is 4.11. The van der Waals surface area contributed by atoms with E-state index >= 15 is 0 Å². The van der Waals surface area contributed by atoms with Crippen molar-refractivity contribution in [3.05, 3.63) is 41.6 Å². The van der Waals surface area contributed by atoms with E-state index in [-0.39, 0.29) is 6.09 Å². The zero-order chi connectivity index (χ0) is 19.6. The molecule has 8 heteroatoms. The number of ether oxygens (including phenoxy) is 1. The number of aromatic nitrogens is 2. The fourth-order valence-corrected chi connectivity index (χ4v) is 3.15. The quantitative estimate of drug-likeness (QED) is 0.769. The maximum absolute atomic E-state index is 12.4. The van der Waals surface area contributed by atoms with Gasteiger partial charge in [0.1, 0.15) is 11.4 Å². The van der Waals surface area contributed by atoms with E-state index in [1.54, 1.807) is 9.58 Å². The van der Waals surface area contributed by atoms with Gasteiger partial charge in [-0.15, -0.1) is 0 Å². The van der Waals surface area contributed by atoms with Gasteiger partial charge in [0, 0.05) is 31.3 Å². The highest BCUT2D eigenvalue weighted by molar-refractivity contribution is 7.80. The molecule has 7 nitrogen and oxygen atoms in total. The summed E-state index contributed by atoms with van der Waals surface area (Å²) in [5.41, 5.74) is 2.32. The molecule has 1 aliphatic heterocycles. The number of hydrogen-bond donors (Lipinski definition) is 2. The molecule has 2 N–H and O–H groups in total. The molecule has 1 amide bonds. The Morgan fingerprint density at radius 2 is 1.93 bits per heavy atom. The van der Waals surface area contributed by atoms with Crippen LogP contribution in [0.15, 0.2) is 30.3 Å². The second kappa shape index (κ2) is 7.56. The Morgan fingerprint density at radius 3 is 2.59 bits per heavy atom. The number of para-hydroxylation sites is 1. The zero-order valence-electron chi connectivity index (χ0n) is 16.1. The Bertz CT molecular complexity index is 842. The Kier molecular flexibility index (Phi) is 5.36. The topological polar surface area (TPSA) is 71.4 Å². The first-order chi connectivity index (χ1) is 12.7. The van der Waals surface area contributed by atoms with Crippen molar-refractivity contribution in [2.24, 2.45) is 7.05 Å². The van der Waals surface area contributed by atoms with Gasteiger partial charge in [0.05, 0.1) is 12.2 Å². The summed E-state index contributed by atoms with van der Waals surface area (Å²) in [5, 5.41) is 11.4. The lowest BCUT2D eigenvalue weighted by Gasteiger charge is -2.30. The standard InChI is InChI=1S/C19H25N5O2S/c1-19(2,3)26-18(25)24-11-10-15-14(12-24)16(23(4)22-15)21-17(27)20-13-8-6-5-7-9-13/h5-9H,10-12H2,1-4H3,(H2,20,21,27). The first kappa shape index (κ1) is 19.2. The monoisotopic (exact) mass is 387 g/mol. The van der Waals surface area contributed by atoms with Crippen molar-refractivity contribution in [2.45, 2.75) is 39.3 Å². The van der Waals surface area contributed by atoms with E-state index in [0.717, 1.165) is 22.8 Å². The predicted octanol–water partition coefficient (Wildman–Crippen LogP) is 3.52. The van der Waals surface area contributed by atoms with Crippen LogP contribution in [0.2, 0.25) is 0 Å². The smallest absolute Gasteiger partial charge is 0.410 e. The molecule has 27 heavy (non-hydrogen) atoms. The van der Waals surface area contributed by atoms with Gasteiger partial charge in [-0.25, -0.2) is 4.79 Å². The minimum atomic E-state index is -0.519. The van der Waals surface area contributed by atoms with Crippen molar-refractivity contribution in [3.63, 3.8) is 0 Å². The molecule has 3 rings (SSSR count). The van der Waals surface area contributed by atoms with Gasteiger partial charge in [-0.3, -0.25) is 4.68 Å². The number of fused-ring (bicyclic) bond motifs is 1. The summed E-state index contributed by atoms with van der Waals surface area (Å²) in [6.45, 7) is 6.63. The Hall–Kier alpha value is -2.61. The molecule has 0 saturated carbocycles. The van der Waals surface area contributed by atoms with Crippen LogP contribution in [0.5, 0.6) is 0 Å². The number of hydrogen-bond acceptors (Lipinski definition) is 4. The van der Waals surface area contributed by atoms with E-state index in [1.165, 1.54) is 0 Å². The van der Waals surface area contributed by atoms with Gasteiger partial charge in [0.2, 0.25) is 0 Å². The number of aryl methyl sites for hydroxylation is 1. The molecule has 0 aliphatic carbocycles. The van der Waals surface area contributed by atoms with Crippen LogP contribution in [0.3, 0.4) is 0 Å². The van der Waals surface area contributed by atoms with Crippen LogP contribution < -0.4 is 10.6 Å². The Balaban J connectivity index is 1.73. The van der Waals surface area contributed by atoms with E-state index in [9.17, 15) is 4.79 Å². The highest BCUT2D eigenvalue weighted by atomic mass is 32.1. The third kappa shape index (κ3) is 4.77. The molecule has 1 aromatic carbocycles. The predicted molar refractivity (Wildman–Crippen MR) is 110 cm³/mol. The van der Waals surface area contributed by atoms with Gasteiger partial charge in [0.25, 0.3) is 0 Å². The van der Waals surface area contributed by atoms with Crippen LogP contribution in [0.4, 0.5) is 16.3 Å². The fourth-order valence-electron chi connectivity index (χ4n) is 2.93. The molecular formula is C19H25N5O2S. The van der Waals surface area contributed by atoms with Crippen molar-refractivity contribution >= 4 is 34.9 Å². The summed E-state index contributed by atoms with van der Waals surface area (Å²) in [4.78, 5) is 14.1. The number of rotatable bonds is 2. The van der Waals surface area contributed by atoms with Crippen LogP contribution >= 0.6 is 12.2 Å². The fraction of sp³-hybridized carbons (Fsp3) is 0.421. The molecule has 144 valence electrons. The number of nitrogens with one attached hydrogen (secondary N) is 2. The lowest BCUT2D eigenvalue weighted by atomic mass is 10.1. The van der Waals surface area contributed by atoms with Crippen molar-refractivity contribution in [1.82, 2.24) is 14.7 Å². The van der Waals surface area contributed by atoms with Crippen molar-refractivity contribution in [2.75, 3.05) is 17.2 Å². The second-order valence-corrected chi connectivity index (χ2v) is 7.90. The van der Waals surface area contributed by atoms with Gasteiger partial charge >= 0.3 is 6.09 Å². The molecule has 0 atom stereocenters. The van der Waals surface area contributed by atoms with Crippen LogP contribution in [0, 0.1) is 0 Å². The van der Waals surface area contributed by atoms with Gasteiger partial charge in [-0.05, 0) is 45.1 Å². The van der Waals surface area contributed by atoms with Gasteiger partial charge < -0.3 is 20.3 Å². The first-order valence-electron chi connectivity index (χ1n) is 8.88. The molecule has 0 saturated heterocycles. The number of benzene rings is 1.